The molecule has 0 amide bonds. The Morgan fingerprint density at radius 3 is 2.30 bits per heavy atom. The minimum absolute atomic E-state index is 0.0786. The molecule has 1 fully saturated rings. The third-order valence-electron chi connectivity index (χ3n) is 5.59. The molecule has 1 aromatic carbocycles. The highest BCUT2D eigenvalue weighted by Crippen LogP contribution is 2.40. The third kappa shape index (κ3) is 6.84. The summed E-state index contributed by atoms with van der Waals surface area (Å²) in [5, 5.41) is 11.0. The van der Waals surface area contributed by atoms with Gasteiger partial charge in [-0.15, -0.1) is 0 Å². The number of carbonyl (C=O) groups excluding carboxylic acids is 1. The van der Waals surface area contributed by atoms with Crippen molar-refractivity contribution in [2.24, 2.45) is 5.92 Å². The fraction of sp³-hybridized carbons (Fsp3) is 0.696. The van der Waals surface area contributed by atoms with E-state index in [0.29, 0.717) is 32.3 Å². The zero-order valence-corrected chi connectivity index (χ0v) is 17.0. The van der Waals surface area contributed by atoms with Crippen molar-refractivity contribution in [3.63, 3.8) is 0 Å². The molecule has 1 saturated carbocycles. The second kappa shape index (κ2) is 11.3. The molecule has 0 radical (unpaired) electrons. The van der Waals surface area contributed by atoms with Gasteiger partial charge in [0.2, 0.25) is 0 Å². The van der Waals surface area contributed by atoms with Gasteiger partial charge in [-0.3, -0.25) is 4.79 Å². The maximum Gasteiger partial charge on any atom is 0.308 e. The smallest absolute Gasteiger partial charge is 0.308 e. The van der Waals surface area contributed by atoms with Gasteiger partial charge >= 0.3 is 5.97 Å². The van der Waals surface area contributed by atoms with E-state index in [1.54, 1.807) is 0 Å². The topological polar surface area (TPSA) is 55.8 Å². The number of carbonyl (C=O) groups is 1. The molecule has 152 valence electrons. The standard InChI is InChI=1S/C23H36O4/c1-3-5-6-7-8-9-18-27-21-12-10-20(11-13-21)23(25)16-14-19(15-17-23)22(24)26-4-2/h10-13,19,25H,3-9,14-18H2,1-2H3. The van der Waals surface area contributed by atoms with Crippen LogP contribution >= 0.6 is 0 Å². The summed E-state index contributed by atoms with van der Waals surface area (Å²) in [7, 11) is 0. The van der Waals surface area contributed by atoms with Gasteiger partial charge in [0.05, 0.1) is 24.7 Å². The molecule has 4 heteroatoms. The molecule has 0 aliphatic heterocycles. The number of esters is 1. The largest absolute Gasteiger partial charge is 0.494 e. The van der Waals surface area contributed by atoms with Crippen molar-refractivity contribution in [1.29, 1.82) is 0 Å². The number of aliphatic hydroxyl groups is 1. The van der Waals surface area contributed by atoms with Crippen LogP contribution in [0.25, 0.3) is 0 Å². The minimum atomic E-state index is -0.846. The maximum atomic E-state index is 11.9. The Hall–Kier alpha value is -1.55. The van der Waals surface area contributed by atoms with Gasteiger partial charge in [-0.2, -0.15) is 0 Å². The average Bonchev–Trinajstić information content (AvgIpc) is 2.68. The zero-order chi connectivity index (χ0) is 19.5. The van der Waals surface area contributed by atoms with E-state index < -0.39 is 5.60 Å². The van der Waals surface area contributed by atoms with Crippen LogP contribution in [0.5, 0.6) is 5.75 Å². The Balaban J connectivity index is 1.75. The molecule has 1 N–H and O–H groups in total. The number of hydrogen-bond donors (Lipinski definition) is 1. The minimum Gasteiger partial charge on any atom is -0.494 e. The predicted molar refractivity (Wildman–Crippen MR) is 108 cm³/mol. The Morgan fingerprint density at radius 1 is 1.04 bits per heavy atom. The fourth-order valence-corrected chi connectivity index (χ4v) is 3.81. The number of ether oxygens (including phenoxy) is 2. The Labute approximate surface area is 164 Å². The van der Waals surface area contributed by atoms with Crippen LogP contribution < -0.4 is 4.74 Å². The van der Waals surface area contributed by atoms with E-state index in [4.69, 9.17) is 9.47 Å². The first-order valence-electron chi connectivity index (χ1n) is 10.7. The van der Waals surface area contributed by atoms with E-state index in [1.165, 1.54) is 32.1 Å². The highest BCUT2D eigenvalue weighted by Gasteiger charge is 2.37. The Kier molecular flexibility index (Phi) is 9.12. The molecule has 0 spiro atoms. The molecule has 4 nitrogen and oxygen atoms in total. The molecular formula is C23H36O4. The average molecular weight is 377 g/mol. The monoisotopic (exact) mass is 376 g/mol. The van der Waals surface area contributed by atoms with Crippen LogP contribution in [-0.2, 0) is 15.1 Å². The van der Waals surface area contributed by atoms with Crippen molar-refractivity contribution in [2.45, 2.75) is 83.7 Å². The van der Waals surface area contributed by atoms with Crippen LogP contribution in [0.3, 0.4) is 0 Å². The molecule has 0 unspecified atom stereocenters. The quantitative estimate of drug-likeness (QED) is 0.417. The lowest BCUT2D eigenvalue weighted by Gasteiger charge is -2.35. The second-order valence-electron chi connectivity index (χ2n) is 7.70. The normalized spacial score (nSPS) is 22.4. The summed E-state index contributed by atoms with van der Waals surface area (Å²) in [6, 6.07) is 7.81. The number of benzene rings is 1. The summed E-state index contributed by atoms with van der Waals surface area (Å²) in [5.41, 5.74) is 0.0672. The molecule has 0 bridgehead atoms. The van der Waals surface area contributed by atoms with Gasteiger partial charge in [-0.1, -0.05) is 51.2 Å². The van der Waals surface area contributed by atoms with Crippen molar-refractivity contribution < 1.29 is 19.4 Å². The van der Waals surface area contributed by atoms with Crippen LogP contribution in [0.1, 0.15) is 83.6 Å². The second-order valence-corrected chi connectivity index (χ2v) is 7.70. The molecule has 0 atom stereocenters. The number of unbranched alkanes of at least 4 members (excludes halogenated alkanes) is 5. The summed E-state index contributed by atoms with van der Waals surface area (Å²) in [5.74, 6) is 0.652. The van der Waals surface area contributed by atoms with Crippen LogP contribution in [0.2, 0.25) is 0 Å². The Bertz CT molecular complexity index is 544. The summed E-state index contributed by atoms with van der Waals surface area (Å²) in [4.78, 5) is 11.9. The van der Waals surface area contributed by atoms with Gasteiger partial charge in [0.25, 0.3) is 0 Å². The van der Waals surface area contributed by atoms with Crippen LogP contribution in [0.4, 0.5) is 0 Å². The first-order chi connectivity index (χ1) is 13.1. The molecular weight excluding hydrogens is 340 g/mol. The first-order valence-corrected chi connectivity index (χ1v) is 10.7. The molecule has 0 heterocycles. The molecule has 0 saturated heterocycles. The summed E-state index contributed by atoms with van der Waals surface area (Å²) in [6.07, 6.45) is 10.0. The molecule has 1 aliphatic carbocycles. The van der Waals surface area contributed by atoms with Crippen molar-refractivity contribution in [3.8, 4) is 5.75 Å². The summed E-state index contributed by atoms with van der Waals surface area (Å²) >= 11 is 0. The van der Waals surface area contributed by atoms with Crippen molar-refractivity contribution in [2.75, 3.05) is 13.2 Å². The fourth-order valence-electron chi connectivity index (χ4n) is 3.81. The van der Waals surface area contributed by atoms with Gasteiger partial charge < -0.3 is 14.6 Å². The van der Waals surface area contributed by atoms with Gasteiger partial charge in [0, 0.05) is 0 Å². The third-order valence-corrected chi connectivity index (χ3v) is 5.59. The van der Waals surface area contributed by atoms with E-state index in [9.17, 15) is 9.90 Å². The van der Waals surface area contributed by atoms with Crippen molar-refractivity contribution in [3.05, 3.63) is 29.8 Å². The molecule has 2 rings (SSSR count). The highest BCUT2D eigenvalue weighted by molar-refractivity contribution is 5.72. The summed E-state index contributed by atoms with van der Waals surface area (Å²) in [6.45, 7) is 5.22. The molecule has 27 heavy (non-hydrogen) atoms. The lowest BCUT2D eigenvalue weighted by Crippen LogP contribution is -2.34. The zero-order valence-electron chi connectivity index (χ0n) is 17.0. The van der Waals surface area contributed by atoms with Crippen molar-refractivity contribution in [1.82, 2.24) is 0 Å². The van der Waals surface area contributed by atoms with Gasteiger partial charge in [0.15, 0.2) is 0 Å². The van der Waals surface area contributed by atoms with Gasteiger partial charge in [-0.25, -0.2) is 0 Å². The molecule has 1 aromatic rings. The van der Waals surface area contributed by atoms with Crippen LogP contribution in [-0.4, -0.2) is 24.3 Å². The highest BCUT2D eigenvalue weighted by atomic mass is 16.5. The lowest BCUT2D eigenvalue weighted by molar-refractivity contribution is -0.151. The molecule has 0 aromatic heterocycles. The first kappa shape index (κ1) is 21.7. The van der Waals surface area contributed by atoms with E-state index in [2.05, 4.69) is 6.92 Å². The predicted octanol–water partition coefficient (Wildman–Crippen LogP) is 5.37. The van der Waals surface area contributed by atoms with E-state index in [-0.39, 0.29) is 11.9 Å². The van der Waals surface area contributed by atoms with E-state index in [0.717, 1.165) is 24.3 Å². The number of hydrogen-bond acceptors (Lipinski definition) is 4. The van der Waals surface area contributed by atoms with Crippen LogP contribution in [0, 0.1) is 5.92 Å². The lowest BCUT2D eigenvalue weighted by atomic mass is 9.75. The number of rotatable bonds is 11. The van der Waals surface area contributed by atoms with Gasteiger partial charge in [0.1, 0.15) is 5.75 Å². The van der Waals surface area contributed by atoms with Crippen molar-refractivity contribution >= 4 is 5.97 Å². The van der Waals surface area contributed by atoms with Gasteiger partial charge in [-0.05, 0) is 56.7 Å². The SMILES string of the molecule is CCCCCCCCOc1ccc(C2(O)CCC(C(=O)OCC)CC2)cc1. The maximum absolute atomic E-state index is 11.9. The molecule has 1 aliphatic rings. The Morgan fingerprint density at radius 2 is 1.67 bits per heavy atom. The van der Waals surface area contributed by atoms with Crippen LogP contribution in [0.15, 0.2) is 24.3 Å². The van der Waals surface area contributed by atoms with E-state index >= 15 is 0 Å². The van der Waals surface area contributed by atoms with E-state index in [1.807, 2.05) is 31.2 Å². The summed E-state index contributed by atoms with van der Waals surface area (Å²) < 4.78 is 10.9.